The Morgan fingerprint density at radius 3 is 3.00 bits per heavy atom. The third-order valence-corrected chi connectivity index (χ3v) is 3.68. The van der Waals surface area contributed by atoms with E-state index in [1.807, 2.05) is 18.7 Å². The Kier molecular flexibility index (Phi) is 3.99. The molecule has 0 amide bonds. The van der Waals surface area contributed by atoms with E-state index >= 15 is 0 Å². The lowest BCUT2D eigenvalue weighted by Crippen LogP contribution is -2.37. The number of nitrogens with one attached hydrogen (secondary N) is 1. The number of hydrogen-bond donors (Lipinski definition) is 1. The molecular formula is C13H23N3. The predicted octanol–water partition coefficient (Wildman–Crippen LogP) is 2.44. The normalized spacial score (nSPS) is 27.1. The van der Waals surface area contributed by atoms with Crippen molar-refractivity contribution in [1.82, 2.24) is 14.9 Å². The molecule has 3 nitrogen and oxygen atoms in total. The first kappa shape index (κ1) is 11.6. The van der Waals surface area contributed by atoms with Gasteiger partial charge in [-0.25, -0.2) is 4.98 Å². The highest BCUT2D eigenvalue weighted by molar-refractivity contribution is 4.83. The predicted molar refractivity (Wildman–Crippen MR) is 66.2 cm³/mol. The van der Waals surface area contributed by atoms with Gasteiger partial charge in [-0.2, -0.15) is 0 Å². The molecule has 1 fully saturated rings. The van der Waals surface area contributed by atoms with E-state index in [4.69, 9.17) is 0 Å². The van der Waals surface area contributed by atoms with Gasteiger partial charge in [-0.3, -0.25) is 0 Å². The minimum Gasteiger partial charge on any atom is -0.336 e. The highest BCUT2D eigenvalue weighted by atomic mass is 15.1. The molecule has 1 aromatic heterocycles. The fraction of sp³-hybridized carbons (Fsp3) is 0.769. The Labute approximate surface area is 98.3 Å². The molecule has 0 aliphatic heterocycles. The lowest BCUT2D eigenvalue weighted by Gasteiger charge is -2.20. The van der Waals surface area contributed by atoms with Gasteiger partial charge in [0, 0.05) is 31.0 Å². The van der Waals surface area contributed by atoms with Crippen molar-refractivity contribution in [3.05, 3.63) is 18.7 Å². The second-order valence-corrected chi connectivity index (χ2v) is 5.11. The van der Waals surface area contributed by atoms with Gasteiger partial charge in [0.2, 0.25) is 0 Å². The smallest absolute Gasteiger partial charge is 0.0946 e. The van der Waals surface area contributed by atoms with Crippen LogP contribution >= 0.6 is 0 Å². The molecule has 1 saturated carbocycles. The molecule has 90 valence electrons. The van der Waals surface area contributed by atoms with Crippen LogP contribution in [0.2, 0.25) is 0 Å². The summed E-state index contributed by atoms with van der Waals surface area (Å²) >= 11 is 0. The summed E-state index contributed by atoms with van der Waals surface area (Å²) in [5.41, 5.74) is 0. The lowest BCUT2D eigenvalue weighted by atomic mass is 10.1. The summed E-state index contributed by atoms with van der Waals surface area (Å²) in [6.45, 7) is 5.59. The van der Waals surface area contributed by atoms with E-state index in [-0.39, 0.29) is 0 Å². The molecule has 2 rings (SSSR count). The molecule has 3 atom stereocenters. The molecule has 1 aromatic rings. The van der Waals surface area contributed by atoms with Gasteiger partial charge in [0.05, 0.1) is 6.33 Å². The van der Waals surface area contributed by atoms with Crippen molar-refractivity contribution in [2.45, 2.75) is 58.2 Å². The van der Waals surface area contributed by atoms with Gasteiger partial charge >= 0.3 is 0 Å². The molecule has 16 heavy (non-hydrogen) atoms. The standard InChI is InChI=1S/C13H23N3/c1-3-12-4-5-13(8-12)15-11(2)9-16-7-6-14-10-16/h6-7,10-13,15H,3-5,8-9H2,1-2H3. The molecule has 3 heteroatoms. The molecule has 1 aliphatic rings. The lowest BCUT2D eigenvalue weighted by molar-refractivity contribution is 0.398. The van der Waals surface area contributed by atoms with E-state index in [1.165, 1.54) is 25.7 Å². The molecule has 1 heterocycles. The first-order valence-electron chi connectivity index (χ1n) is 6.49. The van der Waals surface area contributed by atoms with Crippen LogP contribution in [0.4, 0.5) is 0 Å². The highest BCUT2D eigenvalue weighted by Gasteiger charge is 2.23. The van der Waals surface area contributed by atoms with Crippen molar-refractivity contribution in [3.8, 4) is 0 Å². The van der Waals surface area contributed by atoms with Crippen LogP contribution in [0, 0.1) is 5.92 Å². The van der Waals surface area contributed by atoms with E-state index in [1.54, 1.807) is 0 Å². The van der Waals surface area contributed by atoms with Crippen LogP contribution < -0.4 is 5.32 Å². The highest BCUT2D eigenvalue weighted by Crippen LogP contribution is 2.28. The molecule has 0 aromatic carbocycles. The van der Waals surface area contributed by atoms with Crippen LogP contribution in [0.3, 0.4) is 0 Å². The topological polar surface area (TPSA) is 29.9 Å². The maximum Gasteiger partial charge on any atom is 0.0946 e. The number of rotatable bonds is 5. The van der Waals surface area contributed by atoms with Crippen molar-refractivity contribution < 1.29 is 0 Å². The number of hydrogen-bond acceptors (Lipinski definition) is 2. The molecule has 1 aliphatic carbocycles. The van der Waals surface area contributed by atoms with Gasteiger partial charge in [-0.1, -0.05) is 13.3 Å². The third-order valence-electron chi connectivity index (χ3n) is 3.68. The summed E-state index contributed by atoms with van der Waals surface area (Å²) in [5.74, 6) is 0.956. The van der Waals surface area contributed by atoms with Crippen molar-refractivity contribution in [3.63, 3.8) is 0 Å². The third kappa shape index (κ3) is 3.08. The molecule has 0 saturated heterocycles. The summed E-state index contributed by atoms with van der Waals surface area (Å²) in [6, 6.07) is 1.28. The number of nitrogens with zero attached hydrogens (tertiary/aromatic N) is 2. The minimum absolute atomic E-state index is 0.537. The summed E-state index contributed by atoms with van der Waals surface area (Å²) < 4.78 is 2.14. The Morgan fingerprint density at radius 1 is 1.50 bits per heavy atom. The van der Waals surface area contributed by atoms with Crippen molar-refractivity contribution in [1.29, 1.82) is 0 Å². The Balaban J connectivity index is 1.73. The number of aromatic nitrogens is 2. The number of imidazole rings is 1. The zero-order chi connectivity index (χ0) is 11.4. The van der Waals surface area contributed by atoms with Crippen LogP contribution in [-0.2, 0) is 6.54 Å². The van der Waals surface area contributed by atoms with Crippen LogP contribution in [0.1, 0.15) is 39.5 Å². The summed E-state index contributed by atoms with van der Waals surface area (Å²) in [4.78, 5) is 4.07. The van der Waals surface area contributed by atoms with Crippen LogP contribution in [0.15, 0.2) is 18.7 Å². The van der Waals surface area contributed by atoms with Gasteiger partial charge < -0.3 is 9.88 Å². The average Bonchev–Trinajstić information content (AvgIpc) is 2.89. The fourth-order valence-corrected chi connectivity index (χ4v) is 2.76. The fourth-order valence-electron chi connectivity index (χ4n) is 2.76. The maximum atomic E-state index is 4.07. The first-order chi connectivity index (χ1) is 7.78. The van der Waals surface area contributed by atoms with E-state index in [0.29, 0.717) is 6.04 Å². The van der Waals surface area contributed by atoms with Crippen LogP contribution in [0.25, 0.3) is 0 Å². The van der Waals surface area contributed by atoms with E-state index in [0.717, 1.165) is 18.5 Å². The van der Waals surface area contributed by atoms with Gasteiger partial charge in [-0.05, 0) is 32.1 Å². The van der Waals surface area contributed by atoms with Crippen LogP contribution in [0.5, 0.6) is 0 Å². The summed E-state index contributed by atoms with van der Waals surface area (Å²) in [5, 5.41) is 3.73. The summed E-state index contributed by atoms with van der Waals surface area (Å²) in [7, 11) is 0. The molecular weight excluding hydrogens is 198 g/mol. The molecule has 3 unspecified atom stereocenters. The SMILES string of the molecule is CCC1CCC(NC(C)Cn2ccnc2)C1. The zero-order valence-electron chi connectivity index (χ0n) is 10.4. The second kappa shape index (κ2) is 5.48. The minimum atomic E-state index is 0.537. The van der Waals surface area contributed by atoms with Gasteiger partial charge in [0.1, 0.15) is 0 Å². The Morgan fingerprint density at radius 2 is 2.38 bits per heavy atom. The van der Waals surface area contributed by atoms with Gasteiger partial charge in [0.25, 0.3) is 0 Å². The molecule has 0 spiro atoms. The molecule has 0 bridgehead atoms. The van der Waals surface area contributed by atoms with Crippen molar-refractivity contribution >= 4 is 0 Å². The monoisotopic (exact) mass is 221 g/mol. The van der Waals surface area contributed by atoms with E-state index in [2.05, 4.69) is 28.7 Å². The molecule has 1 N–H and O–H groups in total. The van der Waals surface area contributed by atoms with E-state index < -0.39 is 0 Å². The average molecular weight is 221 g/mol. The Hall–Kier alpha value is -0.830. The van der Waals surface area contributed by atoms with Gasteiger partial charge in [-0.15, -0.1) is 0 Å². The Bertz CT molecular complexity index is 294. The largest absolute Gasteiger partial charge is 0.336 e. The quantitative estimate of drug-likeness (QED) is 0.827. The maximum absolute atomic E-state index is 4.07. The van der Waals surface area contributed by atoms with E-state index in [9.17, 15) is 0 Å². The van der Waals surface area contributed by atoms with Crippen molar-refractivity contribution in [2.75, 3.05) is 0 Å². The first-order valence-corrected chi connectivity index (χ1v) is 6.49. The van der Waals surface area contributed by atoms with Crippen LogP contribution in [-0.4, -0.2) is 21.6 Å². The zero-order valence-corrected chi connectivity index (χ0v) is 10.4. The van der Waals surface area contributed by atoms with Gasteiger partial charge in [0.15, 0.2) is 0 Å². The summed E-state index contributed by atoms with van der Waals surface area (Å²) in [6.07, 6.45) is 11.2. The van der Waals surface area contributed by atoms with Crippen molar-refractivity contribution in [2.24, 2.45) is 5.92 Å². The second-order valence-electron chi connectivity index (χ2n) is 5.11. The molecule has 0 radical (unpaired) electrons.